The third kappa shape index (κ3) is 1.36. The average molecular weight is 299 g/mol. The molecule has 0 amide bonds. The highest BCUT2D eigenvalue weighted by Crippen LogP contribution is 2.36. The van der Waals surface area contributed by atoms with Gasteiger partial charge < -0.3 is 4.98 Å². The molecule has 0 fully saturated rings. The Morgan fingerprint density at radius 3 is 3.06 bits per heavy atom. The van der Waals surface area contributed by atoms with E-state index < -0.39 is 11.1 Å². The molecule has 1 aromatic carbocycles. The monoisotopic (exact) mass is 298 g/mol. The van der Waals surface area contributed by atoms with E-state index in [-0.39, 0.29) is 4.16 Å². The van der Waals surface area contributed by atoms with Crippen LogP contribution in [-0.4, -0.2) is 13.7 Å². The predicted molar refractivity (Wildman–Crippen MR) is 67.4 cm³/mol. The molecule has 2 heterocycles. The quantitative estimate of drug-likeness (QED) is 0.593. The summed E-state index contributed by atoms with van der Waals surface area (Å²) in [6.07, 6.45) is 0. The van der Waals surface area contributed by atoms with E-state index in [0.29, 0.717) is 12.1 Å². The van der Waals surface area contributed by atoms with Gasteiger partial charge in [0.15, 0.2) is 0 Å². The van der Waals surface area contributed by atoms with Crippen molar-refractivity contribution < 1.29 is 0 Å². The van der Waals surface area contributed by atoms with Gasteiger partial charge in [-0.25, -0.2) is 0 Å². The average Bonchev–Trinajstić information content (AvgIpc) is 2.25. The summed E-state index contributed by atoms with van der Waals surface area (Å²) in [6.45, 7) is 0.515. The lowest BCUT2D eigenvalue weighted by Gasteiger charge is -2.21. The zero-order valence-corrected chi connectivity index (χ0v) is 10.5. The molecule has 16 heavy (non-hydrogen) atoms. The van der Waals surface area contributed by atoms with Crippen LogP contribution in [0.25, 0.3) is 11.0 Å². The fourth-order valence-corrected chi connectivity index (χ4v) is 3.77. The van der Waals surface area contributed by atoms with E-state index in [1.54, 1.807) is 16.3 Å². The Hall–Kier alpha value is -1.01. The van der Waals surface area contributed by atoms with E-state index in [0.717, 1.165) is 10.4 Å². The Bertz CT molecular complexity index is 691. The zero-order chi connectivity index (χ0) is 11.3. The molecular weight excluding hydrogens is 292 g/mol. The fraction of sp³-hybridized carbons (Fsp3) is 0.200. The molecule has 0 saturated carbocycles. The fourth-order valence-electron chi connectivity index (χ4n) is 1.89. The number of alkyl halides is 1. The van der Waals surface area contributed by atoms with Crippen LogP contribution in [0.1, 0.15) is 0 Å². The van der Waals surface area contributed by atoms with E-state index >= 15 is 0 Å². The van der Waals surface area contributed by atoms with Gasteiger partial charge in [-0.3, -0.25) is 14.2 Å². The summed E-state index contributed by atoms with van der Waals surface area (Å²) in [5.74, 6) is 0. The number of hydrogen-bond donors (Lipinski definition) is 1. The van der Waals surface area contributed by atoms with Crippen molar-refractivity contribution in [3.63, 3.8) is 0 Å². The van der Waals surface area contributed by atoms with Crippen molar-refractivity contribution in [3.05, 3.63) is 38.9 Å². The Morgan fingerprint density at radius 2 is 2.25 bits per heavy atom. The number of para-hydroxylation sites is 1. The van der Waals surface area contributed by atoms with Crippen LogP contribution >= 0.6 is 27.7 Å². The van der Waals surface area contributed by atoms with Crippen molar-refractivity contribution in [3.8, 4) is 0 Å². The molecule has 0 aliphatic carbocycles. The van der Waals surface area contributed by atoms with E-state index in [1.807, 2.05) is 18.2 Å². The van der Waals surface area contributed by atoms with Gasteiger partial charge in [-0.15, -0.1) is 11.8 Å². The summed E-state index contributed by atoms with van der Waals surface area (Å²) < 4.78 is 1.67. The molecule has 0 spiro atoms. The lowest BCUT2D eigenvalue weighted by Crippen LogP contribution is -2.38. The number of H-pyrrole nitrogens is 1. The summed E-state index contributed by atoms with van der Waals surface area (Å²) in [5.41, 5.74) is 0.503. The minimum absolute atomic E-state index is 0.130. The van der Waals surface area contributed by atoms with Crippen molar-refractivity contribution in [1.29, 1.82) is 0 Å². The molecule has 3 rings (SSSR count). The van der Waals surface area contributed by atoms with Crippen LogP contribution in [0.4, 0.5) is 0 Å². The topological polar surface area (TPSA) is 54.9 Å². The van der Waals surface area contributed by atoms with E-state index in [2.05, 4.69) is 20.9 Å². The molecule has 1 unspecified atom stereocenters. The zero-order valence-electron chi connectivity index (χ0n) is 8.07. The summed E-state index contributed by atoms with van der Waals surface area (Å²) >= 11 is 5.13. The standard InChI is InChI=1S/C10H7BrN2O2S/c11-7-4-13-8-5(12-9(14)10(13)15)2-1-3-6(8)16-7/h1-3,7H,4H2,(H,12,14). The SMILES string of the molecule is O=c1[nH]c2cccc3c2n(c1=O)CC(Br)S3. The molecule has 1 aliphatic rings. The van der Waals surface area contributed by atoms with Crippen molar-refractivity contribution in [2.45, 2.75) is 15.6 Å². The molecule has 2 aromatic rings. The molecule has 1 aliphatic heterocycles. The first-order valence-electron chi connectivity index (χ1n) is 4.73. The van der Waals surface area contributed by atoms with E-state index in [9.17, 15) is 9.59 Å². The van der Waals surface area contributed by atoms with Gasteiger partial charge in [0.25, 0.3) is 0 Å². The number of nitrogens with zero attached hydrogens (tertiary/aromatic N) is 1. The minimum atomic E-state index is -0.559. The van der Waals surface area contributed by atoms with Crippen LogP contribution in [0.2, 0.25) is 0 Å². The number of benzene rings is 1. The maximum absolute atomic E-state index is 11.7. The maximum Gasteiger partial charge on any atom is 0.316 e. The van der Waals surface area contributed by atoms with Crippen LogP contribution < -0.4 is 11.1 Å². The number of thioether (sulfide) groups is 1. The summed E-state index contributed by atoms with van der Waals surface area (Å²) in [6, 6.07) is 5.64. The van der Waals surface area contributed by atoms with E-state index in [4.69, 9.17) is 0 Å². The highest BCUT2D eigenvalue weighted by molar-refractivity contribution is 9.11. The number of hydrogen-bond acceptors (Lipinski definition) is 3. The maximum atomic E-state index is 11.7. The van der Waals surface area contributed by atoms with Gasteiger partial charge in [-0.05, 0) is 12.1 Å². The van der Waals surface area contributed by atoms with Gasteiger partial charge in [-0.1, -0.05) is 22.0 Å². The second-order valence-electron chi connectivity index (χ2n) is 3.55. The third-order valence-corrected chi connectivity index (χ3v) is 4.38. The molecule has 0 bridgehead atoms. The Balaban J connectivity index is 2.55. The Kier molecular flexibility index (Phi) is 2.22. The van der Waals surface area contributed by atoms with Crippen molar-refractivity contribution >= 4 is 38.7 Å². The van der Waals surface area contributed by atoms with Crippen LogP contribution in [0.3, 0.4) is 0 Å². The van der Waals surface area contributed by atoms with Crippen LogP contribution in [-0.2, 0) is 6.54 Å². The number of rotatable bonds is 0. The van der Waals surface area contributed by atoms with Gasteiger partial charge in [0.2, 0.25) is 0 Å². The van der Waals surface area contributed by atoms with Gasteiger partial charge in [0.1, 0.15) is 0 Å². The lowest BCUT2D eigenvalue weighted by atomic mass is 10.3. The second kappa shape index (κ2) is 3.49. The van der Waals surface area contributed by atoms with Crippen molar-refractivity contribution in [2.75, 3.05) is 0 Å². The van der Waals surface area contributed by atoms with Crippen molar-refractivity contribution in [2.24, 2.45) is 0 Å². The van der Waals surface area contributed by atoms with Gasteiger partial charge in [0, 0.05) is 11.4 Å². The first-order chi connectivity index (χ1) is 7.66. The molecule has 82 valence electrons. The smallest absolute Gasteiger partial charge is 0.316 e. The Morgan fingerprint density at radius 1 is 1.44 bits per heavy atom. The van der Waals surface area contributed by atoms with E-state index in [1.165, 1.54) is 0 Å². The normalized spacial score (nSPS) is 18.9. The molecule has 0 radical (unpaired) electrons. The summed E-state index contributed by atoms with van der Waals surface area (Å²) in [4.78, 5) is 26.8. The molecule has 1 aromatic heterocycles. The predicted octanol–water partition coefficient (Wildman–Crippen LogP) is 1.52. The Labute approximate surface area is 103 Å². The minimum Gasteiger partial charge on any atom is -0.316 e. The highest BCUT2D eigenvalue weighted by Gasteiger charge is 2.21. The molecule has 1 N–H and O–H groups in total. The number of halogens is 1. The summed E-state index contributed by atoms with van der Waals surface area (Å²) in [5, 5.41) is 0. The largest absolute Gasteiger partial charge is 0.316 e. The molecule has 1 atom stereocenters. The number of aromatic nitrogens is 2. The molecule has 6 heteroatoms. The lowest BCUT2D eigenvalue weighted by molar-refractivity contribution is 0.724. The third-order valence-electron chi connectivity index (χ3n) is 2.54. The van der Waals surface area contributed by atoms with Crippen LogP contribution in [0.5, 0.6) is 0 Å². The molecule has 4 nitrogen and oxygen atoms in total. The van der Waals surface area contributed by atoms with Gasteiger partial charge >= 0.3 is 11.1 Å². The van der Waals surface area contributed by atoms with Crippen LogP contribution in [0.15, 0.2) is 32.7 Å². The first-order valence-corrected chi connectivity index (χ1v) is 6.53. The van der Waals surface area contributed by atoms with Crippen LogP contribution in [0, 0.1) is 0 Å². The van der Waals surface area contributed by atoms with Gasteiger partial charge in [-0.2, -0.15) is 0 Å². The van der Waals surface area contributed by atoms with Crippen molar-refractivity contribution in [1.82, 2.24) is 9.55 Å². The molecule has 0 saturated heterocycles. The van der Waals surface area contributed by atoms with Gasteiger partial charge in [0.05, 0.1) is 15.2 Å². The first kappa shape index (κ1) is 10.2. The number of nitrogens with one attached hydrogen (secondary N) is 1. The highest BCUT2D eigenvalue weighted by atomic mass is 79.9. The molecular formula is C10H7BrN2O2S. The second-order valence-corrected chi connectivity index (χ2v) is 6.51. The summed E-state index contributed by atoms with van der Waals surface area (Å²) in [7, 11) is 0. The number of aromatic amines is 1.